The predicted octanol–water partition coefficient (Wildman–Crippen LogP) is 2.37. The third kappa shape index (κ3) is 5.25. The van der Waals surface area contributed by atoms with Gasteiger partial charge in [0.05, 0.1) is 18.0 Å². The van der Waals surface area contributed by atoms with Gasteiger partial charge in [-0.2, -0.15) is 0 Å². The topological polar surface area (TPSA) is 50.3 Å². The molecule has 5 heteroatoms. The Morgan fingerprint density at radius 1 is 1.33 bits per heavy atom. The van der Waals surface area contributed by atoms with Gasteiger partial charge in [-0.1, -0.05) is 13.8 Å². The molecule has 0 saturated carbocycles. The molecule has 1 aromatic heterocycles. The minimum Gasteiger partial charge on any atom is -0.376 e. The quantitative estimate of drug-likeness (QED) is 0.746. The van der Waals surface area contributed by atoms with Gasteiger partial charge in [-0.15, -0.1) is 0 Å². The Morgan fingerprint density at radius 3 is 3.05 bits per heavy atom. The van der Waals surface area contributed by atoms with Crippen molar-refractivity contribution in [2.24, 2.45) is 0 Å². The van der Waals surface area contributed by atoms with E-state index in [1.807, 2.05) is 12.4 Å². The molecule has 1 aliphatic rings. The Bertz CT molecular complexity index is 413. The van der Waals surface area contributed by atoms with Crippen LogP contribution in [-0.2, 0) is 11.3 Å². The number of hydrogen-bond acceptors (Lipinski definition) is 5. The van der Waals surface area contributed by atoms with E-state index in [2.05, 4.69) is 29.0 Å². The molecule has 0 radical (unpaired) electrons. The van der Waals surface area contributed by atoms with E-state index in [-0.39, 0.29) is 0 Å². The molecule has 1 aliphatic heterocycles. The Morgan fingerprint density at radius 2 is 2.24 bits per heavy atom. The van der Waals surface area contributed by atoms with Crippen molar-refractivity contribution in [2.45, 2.75) is 52.2 Å². The van der Waals surface area contributed by atoms with Crippen LogP contribution in [0.2, 0.25) is 0 Å². The molecule has 1 fully saturated rings. The van der Waals surface area contributed by atoms with Crippen molar-refractivity contribution in [3.8, 4) is 0 Å². The molecule has 0 aliphatic carbocycles. The second-order valence-corrected chi connectivity index (χ2v) is 5.63. The first kappa shape index (κ1) is 16.2. The lowest BCUT2D eigenvalue weighted by molar-refractivity contribution is 0.0439. The van der Waals surface area contributed by atoms with Crippen LogP contribution in [-0.4, -0.2) is 42.3 Å². The Hall–Kier alpha value is -1.20. The number of nitrogens with one attached hydrogen (secondary N) is 1. The molecule has 0 aromatic carbocycles. The highest BCUT2D eigenvalue weighted by molar-refractivity contribution is 5.37. The number of nitrogens with zero attached hydrogens (tertiary/aromatic N) is 3. The molecule has 2 heterocycles. The maximum absolute atomic E-state index is 5.89. The highest BCUT2D eigenvalue weighted by Gasteiger charge is 2.21. The third-order valence-electron chi connectivity index (χ3n) is 3.66. The van der Waals surface area contributed by atoms with E-state index in [1.54, 1.807) is 0 Å². The summed E-state index contributed by atoms with van der Waals surface area (Å²) in [5, 5.41) is 3.37. The fourth-order valence-electron chi connectivity index (χ4n) is 2.59. The van der Waals surface area contributed by atoms with Crippen LogP contribution < -0.4 is 10.2 Å². The lowest BCUT2D eigenvalue weighted by Crippen LogP contribution is -2.40. The molecule has 1 N–H and O–H groups in total. The second-order valence-electron chi connectivity index (χ2n) is 5.63. The number of hydrogen-bond donors (Lipinski definition) is 1. The van der Waals surface area contributed by atoms with Gasteiger partial charge in [-0.3, -0.25) is 4.98 Å². The Kier molecular flexibility index (Phi) is 6.89. The minimum absolute atomic E-state index is 0.336. The van der Waals surface area contributed by atoms with Crippen LogP contribution in [0.25, 0.3) is 0 Å². The van der Waals surface area contributed by atoms with Crippen molar-refractivity contribution in [1.29, 1.82) is 0 Å². The molecule has 1 aromatic rings. The van der Waals surface area contributed by atoms with Crippen molar-refractivity contribution >= 4 is 5.82 Å². The normalized spacial score (nSPS) is 19.0. The van der Waals surface area contributed by atoms with Crippen LogP contribution in [0.4, 0.5) is 5.82 Å². The lowest BCUT2D eigenvalue weighted by Gasteiger charge is -2.33. The van der Waals surface area contributed by atoms with Crippen molar-refractivity contribution in [3.05, 3.63) is 18.1 Å². The minimum atomic E-state index is 0.336. The van der Waals surface area contributed by atoms with E-state index >= 15 is 0 Å². The SMILES string of the molecule is CCCNCc1cncc(N2CCCC(OCCC)C2)n1. The molecular weight excluding hydrogens is 264 g/mol. The summed E-state index contributed by atoms with van der Waals surface area (Å²) in [6.07, 6.45) is 8.58. The highest BCUT2D eigenvalue weighted by atomic mass is 16.5. The predicted molar refractivity (Wildman–Crippen MR) is 85.5 cm³/mol. The monoisotopic (exact) mass is 292 g/mol. The summed E-state index contributed by atoms with van der Waals surface area (Å²) in [5.74, 6) is 0.982. The van der Waals surface area contributed by atoms with E-state index in [9.17, 15) is 0 Å². The smallest absolute Gasteiger partial charge is 0.147 e. The first-order valence-electron chi connectivity index (χ1n) is 8.21. The van der Waals surface area contributed by atoms with Gasteiger partial charge < -0.3 is 15.0 Å². The van der Waals surface area contributed by atoms with Gasteiger partial charge >= 0.3 is 0 Å². The number of rotatable bonds is 8. The summed E-state index contributed by atoms with van der Waals surface area (Å²) in [5.41, 5.74) is 1.01. The molecule has 1 atom stereocenters. The van der Waals surface area contributed by atoms with Crippen LogP contribution in [0.5, 0.6) is 0 Å². The highest BCUT2D eigenvalue weighted by Crippen LogP contribution is 2.19. The van der Waals surface area contributed by atoms with Gasteiger partial charge in [0, 0.05) is 32.4 Å². The van der Waals surface area contributed by atoms with E-state index in [0.717, 1.165) is 70.0 Å². The molecule has 0 amide bonds. The van der Waals surface area contributed by atoms with Gasteiger partial charge in [-0.25, -0.2) is 4.98 Å². The number of piperidine rings is 1. The van der Waals surface area contributed by atoms with Crippen LogP contribution >= 0.6 is 0 Å². The summed E-state index contributed by atoms with van der Waals surface area (Å²) >= 11 is 0. The first-order valence-corrected chi connectivity index (χ1v) is 8.21. The van der Waals surface area contributed by atoms with Gasteiger partial charge in [-0.05, 0) is 32.2 Å². The summed E-state index contributed by atoms with van der Waals surface area (Å²) in [4.78, 5) is 11.4. The van der Waals surface area contributed by atoms with Gasteiger partial charge in [0.2, 0.25) is 0 Å². The Labute approximate surface area is 128 Å². The average molecular weight is 292 g/mol. The van der Waals surface area contributed by atoms with Crippen LogP contribution in [0.1, 0.15) is 45.2 Å². The van der Waals surface area contributed by atoms with E-state index in [0.29, 0.717) is 6.10 Å². The van der Waals surface area contributed by atoms with Crippen molar-refractivity contribution in [2.75, 3.05) is 31.1 Å². The maximum Gasteiger partial charge on any atom is 0.147 e. The molecule has 2 rings (SSSR count). The molecule has 1 unspecified atom stereocenters. The van der Waals surface area contributed by atoms with E-state index in [4.69, 9.17) is 9.72 Å². The largest absolute Gasteiger partial charge is 0.376 e. The van der Waals surface area contributed by atoms with E-state index < -0.39 is 0 Å². The van der Waals surface area contributed by atoms with Crippen molar-refractivity contribution < 1.29 is 4.74 Å². The van der Waals surface area contributed by atoms with Gasteiger partial charge in [0.25, 0.3) is 0 Å². The summed E-state index contributed by atoms with van der Waals surface area (Å²) in [6, 6.07) is 0. The summed E-state index contributed by atoms with van der Waals surface area (Å²) in [7, 11) is 0. The third-order valence-corrected chi connectivity index (χ3v) is 3.66. The molecule has 118 valence electrons. The van der Waals surface area contributed by atoms with Crippen LogP contribution in [0.15, 0.2) is 12.4 Å². The number of aromatic nitrogens is 2. The number of ether oxygens (including phenoxy) is 1. The van der Waals surface area contributed by atoms with Crippen LogP contribution in [0, 0.1) is 0 Å². The molecule has 0 spiro atoms. The molecule has 1 saturated heterocycles. The zero-order chi connectivity index (χ0) is 14.9. The summed E-state index contributed by atoms with van der Waals surface area (Å²) < 4.78 is 5.89. The standard InChI is InChI=1S/C16H28N4O/c1-3-7-17-10-14-11-18-12-16(19-14)20-8-5-6-15(13-20)21-9-4-2/h11-12,15,17H,3-10,13H2,1-2H3. The zero-order valence-electron chi connectivity index (χ0n) is 13.3. The van der Waals surface area contributed by atoms with Crippen molar-refractivity contribution in [3.63, 3.8) is 0 Å². The Balaban J connectivity index is 1.92. The van der Waals surface area contributed by atoms with Gasteiger partial charge in [0.1, 0.15) is 5.82 Å². The fourth-order valence-corrected chi connectivity index (χ4v) is 2.59. The van der Waals surface area contributed by atoms with E-state index in [1.165, 1.54) is 0 Å². The fraction of sp³-hybridized carbons (Fsp3) is 0.750. The zero-order valence-corrected chi connectivity index (χ0v) is 13.3. The average Bonchev–Trinajstić information content (AvgIpc) is 2.54. The lowest BCUT2D eigenvalue weighted by atomic mass is 10.1. The summed E-state index contributed by atoms with van der Waals surface area (Å²) in [6.45, 7) is 8.96. The molecule has 5 nitrogen and oxygen atoms in total. The number of anilines is 1. The second kappa shape index (κ2) is 8.95. The first-order chi connectivity index (χ1) is 10.3. The van der Waals surface area contributed by atoms with Crippen molar-refractivity contribution in [1.82, 2.24) is 15.3 Å². The van der Waals surface area contributed by atoms with Gasteiger partial charge in [0.15, 0.2) is 0 Å². The molecule has 0 bridgehead atoms. The molecular formula is C16H28N4O. The molecule has 21 heavy (non-hydrogen) atoms. The van der Waals surface area contributed by atoms with Crippen LogP contribution in [0.3, 0.4) is 0 Å². The maximum atomic E-state index is 5.89.